The van der Waals surface area contributed by atoms with Crippen LogP contribution in [0.1, 0.15) is 26.3 Å². The zero-order valence-corrected chi connectivity index (χ0v) is 14.5. The smallest absolute Gasteiger partial charge is 0.419 e. The van der Waals surface area contributed by atoms with Gasteiger partial charge in [-0.15, -0.1) is 0 Å². The van der Waals surface area contributed by atoms with Crippen LogP contribution < -0.4 is 5.73 Å². The Labute approximate surface area is 144 Å². The summed E-state index contributed by atoms with van der Waals surface area (Å²) in [5, 5.41) is 0.641. The predicted molar refractivity (Wildman–Crippen MR) is 92.5 cm³/mol. The van der Waals surface area contributed by atoms with E-state index in [2.05, 4.69) is 0 Å². The van der Waals surface area contributed by atoms with Gasteiger partial charge >= 0.3 is 6.09 Å². The Bertz CT molecular complexity index is 947. The summed E-state index contributed by atoms with van der Waals surface area (Å²) >= 11 is 0. The fourth-order valence-electron chi connectivity index (χ4n) is 2.76. The molecule has 0 saturated heterocycles. The van der Waals surface area contributed by atoms with Gasteiger partial charge in [0.25, 0.3) is 11.8 Å². The van der Waals surface area contributed by atoms with Gasteiger partial charge in [0.1, 0.15) is 11.3 Å². The second kappa shape index (κ2) is 5.47. The molecule has 0 radical (unpaired) electrons. The largest absolute Gasteiger partial charge is 0.443 e. The number of ether oxygens (including phenoxy) is 1. The van der Waals surface area contributed by atoms with Crippen molar-refractivity contribution in [1.82, 2.24) is 9.47 Å². The number of likely N-dealkylation sites (N-methyl/N-ethyl adjacent to an activating group) is 1. The van der Waals surface area contributed by atoms with Crippen LogP contribution in [0.15, 0.2) is 36.2 Å². The number of hydrogen-bond donors (Lipinski definition) is 1. The number of nitrogens with zero attached hydrogens (tertiary/aromatic N) is 2. The van der Waals surface area contributed by atoms with Gasteiger partial charge in [-0.3, -0.25) is 19.1 Å². The Morgan fingerprint density at radius 1 is 1.12 bits per heavy atom. The second-order valence-corrected chi connectivity index (χ2v) is 6.87. The van der Waals surface area contributed by atoms with Gasteiger partial charge in [0.15, 0.2) is 0 Å². The number of aromatic nitrogens is 1. The van der Waals surface area contributed by atoms with Crippen molar-refractivity contribution >= 4 is 34.4 Å². The molecule has 1 aromatic heterocycles. The van der Waals surface area contributed by atoms with E-state index in [0.717, 1.165) is 4.90 Å². The normalized spacial score (nSPS) is 15.4. The monoisotopic (exact) mass is 341 g/mol. The Hall–Kier alpha value is -3.09. The number of fused-ring (bicyclic) bond motifs is 1. The van der Waals surface area contributed by atoms with Crippen LogP contribution in [0.25, 0.3) is 16.5 Å². The third kappa shape index (κ3) is 2.67. The summed E-state index contributed by atoms with van der Waals surface area (Å²) in [5.74, 6) is -1.04. The highest BCUT2D eigenvalue weighted by atomic mass is 16.6. The average Bonchev–Trinajstić information content (AvgIpc) is 2.99. The molecule has 2 aromatic rings. The highest BCUT2D eigenvalue weighted by Gasteiger charge is 2.36. The SMILES string of the molecule is CN1C(=O)C(N)=C(c2cn(C(=O)OC(C)(C)C)c3ccccc23)C1=O. The third-order valence-corrected chi connectivity index (χ3v) is 3.89. The zero-order chi connectivity index (χ0) is 18.5. The number of carbonyl (C=O) groups is 3. The molecule has 0 spiro atoms. The van der Waals surface area contributed by atoms with Crippen LogP contribution in [0.4, 0.5) is 4.79 Å². The number of nitrogens with two attached hydrogens (primary N) is 1. The molecule has 0 aliphatic carbocycles. The summed E-state index contributed by atoms with van der Waals surface area (Å²) < 4.78 is 6.74. The van der Waals surface area contributed by atoms with E-state index >= 15 is 0 Å². The summed E-state index contributed by atoms with van der Waals surface area (Å²) in [5.41, 5.74) is 6.17. The van der Waals surface area contributed by atoms with Crippen molar-refractivity contribution in [3.05, 3.63) is 41.7 Å². The molecule has 25 heavy (non-hydrogen) atoms. The topological polar surface area (TPSA) is 94.6 Å². The summed E-state index contributed by atoms with van der Waals surface area (Å²) in [6.07, 6.45) is 0.921. The van der Waals surface area contributed by atoms with Crippen molar-refractivity contribution in [3.8, 4) is 0 Å². The lowest BCUT2D eigenvalue weighted by Crippen LogP contribution is -2.28. The lowest BCUT2D eigenvalue weighted by molar-refractivity contribution is -0.135. The molecule has 3 rings (SSSR count). The summed E-state index contributed by atoms with van der Waals surface area (Å²) in [7, 11) is 1.37. The maximum absolute atomic E-state index is 12.5. The van der Waals surface area contributed by atoms with Gasteiger partial charge in [-0.25, -0.2) is 4.79 Å². The molecule has 1 aromatic carbocycles. The average molecular weight is 341 g/mol. The first kappa shape index (κ1) is 16.8. The van der Waals surface area contributed by atoms with E-state index in [4.69, 9.17) is 10.5 Å². The van der Waals surface area contributed by atoms with E-state index in [1.54, 1.807) is 45.0 Å². The first-order valence-corrected chi connectivity index (χ1v) is 7.78. The molecule has 1 aliphatic rings. The molecule has 0 saturated carbocycles. The first-order valence-electron chi connectivity index (χ1n) is 7.78. The summed E-state index contributed by atoms with van der Waals surface area (Å²) in [6, 6.07) is 7.07. The number of hydrogen-bond acceptors (Lipinski definition) is 5. The number of para-hydroxylation sites is 1. The zero-order valence-electron chi connectivity index (χ0n) is 14.5. The molecule has 0 fully saturated rings. The van der Waals surface area contributed by atoms with Crippen LogP contribution >= 0.6 is 0 Å². The Balaban J connectivity index is 2.21. The molecule has 1 aliphatic heterocycles. The van der Waals surface area contributed by atoms with E-state index in [1.165, 1.54) is 17.8 Å². The summed E-state index contributed by atoms with van der Waals surface area (Å²) in [6.45, 7) is 5.31. The van der Waals surface area contributed by atoms with E-state index in [9.17, 15) is 14.4 Å². The minimum Gasteiger partial charge on any atom is -0.443 e. The van der Waals surface area contributed by atoms with Crippen molar-refractivity contribution in [2.75, 3.05) is 7.05 Å². The molecule has 0 unspecified atom stereocenters. The molecule has 0 bridgehead atoms. The van der Waals surface area contributed by atoms with Gasteiger partial charge in [-0.05, 0) is 26.8 Å². The third-order valence-electron chi connectivity index (χ3n) is 3.89. The fraction of sp³-hybridized carbons (Fsp3) is 0.278. The lowest BCUT2D eigenvalue weighted by atomic mass is 10.0. The van der Waals surface area contributed by atoms with E-state index in [1.807, 2.05) is 0 Å². The number of imide groups is 1. The van der Waals surface area contributed by atoms with Crippen LogP contribution in [-0.2, 0) is 14.3 Å². The number of benzene rings is 1. The van der Waals surface area contributed by atoms with Crippen LogP contribution in [-0.4, -0.2) is 40.0 Å². The van der Waals surface area contributed by atoms with Crippen LogP contribution in [0, 0.1) is 0 Å². The molecule has 7 nitrogen and oxygen atoms in total. The Morgan fingerprint density at radius 2 is 1.76 bits per heavy atom. The molecule has 2 heterocycles. The fourth-order valence-corrected chi connectivity index (χ4v) is 2.76. The maximum atomic E-state index is 12.5. The quantitative estimate of drug-likeness (QED) is 0.802. The minimum atomic E-state index is -0.666. The van der Waals surface area contributed by atoms with Gasteiger partial charge in [-0.2, -0.15) is 0 Å². The maximum Gasteiger partial charge on any atom is 0.419 e. The van der Waals surface area contributed by atoms with Crippen molar-refractivity contribution in [2.24, 2.45) is 5.73 Å². The van der Waals surface area contributed by atoms with Gasteiger partial charge in [-0.1, -0.05) is 18.2 Å². The second-order valence-electron chi connectivity index (χ2n) is 6.87. The van der Waals surface area contributed by atoms with Gasteiger partial charge in [0.2, 0.25) is 0 Å². The Kier molecular flexibility index (Phi) is 3.67. The molecule has 2 amide bonds. The van der Waals surface area contributed by atoms with Crippen molar-refractivity contribution in [3.63, 3.8) is 0 Å². The van der Waals surface area contributed by atoms with Crippen LogP contribution in [0.3, 0.4) is 0 Å². The van der Waals surface area contributed by atoms with E-state index < -0.39 is 23.5 Å². The lowest BCUT2D eigenvalue weighted by Gasteiger charge is -2.19. The molecule has 0 atom stereocenters. The van der Waals surface area contributed by atoms with Gasteiger partial charge < -0.3 is 10.5 Å². The highest BCUT2D eigenvalue weighted by molar-refractivity contribution is 6.36. The van der Waals surface area contributed by atoms with Crippen LogP contribution in [0.5, 0.6) is 0 Å². The molecular weight excluding hydrogens is 322 g/mol. The Morgan fingerprint density at radius 3 is 2.32 bits per heavy atom. The number of rotatable bonds is 1. The molecule has 7 heteroatoms. The molecule has 130 valence electrons. The van der Waals surface area contributed by atoms with Gasteiger partial charge in [0.05, 0.1) is 11.1 Å². The first-order chi connectivity index (χ1) is 11.6. The molecule has 2 N–H and O–H groups in total. The van der Waals surface area contributed by atoms with Crippen molar-refractivity contribution in [2.45, 2.75) is 26.4 Å². The van der Waals surface area contributed by atoms with Crippen molar-refractivity contribution in [1.29, 1.82) is 0 Å². The van der Waals surface area contributed by atoms with E-state index in [-0.39, 0.29) is 11.3 Å². The van der Waals surface area contributed by atoms with Crippen LogP contribution in [0.2, 0.25) is 0 Å². The summed E-state index contributed by atoms with van der Waals surface area (Å²) in [4.78, 5) is 37.9. The number of carbonyl (C=O) groups excluding carboxylic acids is 3. The van der Waals surface area contributed by atoms with E-state index in [0.29, 0.717) is 16.5 Å². The van der Waals surface area contributed by atoms with Gasteiger partial charge in [0, 0.05) is 24.2 Å². The predicted octanol–water partition coefficient (Wildman–Crippen LogP) is 2.09. The highest BCUT2D eigenvalue weighted by Crippen LogP contribution is 2.33. The standard InChI is InChI=1S/C18H19N3O4/c1-18(2,3)25-17(24)21-9-11(10-7-5-6-8-12(10)21)13-14(19)16(23)20(4)15(13)22/h5-9H,19H2,1-4H3. The van der Waals surface area contributed by atoms with Crippen molar-refractivity contribution < 1.29 is 19.1 Å². The molecular formula is C18H19N3O4. The minimum absolute atomic E-state index is 0.103. The number of amides is 2.